The molecule has 0 aliphatic carbocycles. The van der Waals surface area contributed by atoms with Gasteiger partial charge in [0.2, 0.25) is 0 Å². The van der Waals surface area contributed by atoms with E-state index in [1.54, 1.807) is 0 Å². The van der Waals surface area contributed by atoms with Crippen LogP contribution in [0.2, 0.25) is 5.02 Å². The van der Waals surface area contributed by atoms with Crippen LogP contribution < -0.4 is 5.69 Å². The van der Waals surface area contributed by atoms with Gasteiger partial charge in [0.15, 0.2) is 0 Å². The van der Waals surface area contributed by atoms with Gasteiger partial charge in [0.25, 0.3) is 0 Å². The van der Waals surface area contributed by atoms with Gasteiger partial charge >= 0.3 is 5.69 Å². The Hall–Kier alpha value is -1.04. The monoisotopic (exact) mass is 414 g/mol. The number of aromatic nitrogens is 2. The number of aromatic amines is 2. The largest absolute Gasteiger partial charge is 0.323 e. The Labute approximate surface area is 136 Å². The van der Waals surface area contributed by atoms with E-state index in [4.69, 9.17) is 11.6 Å². The van der Waals surface area contributed by atoms with E-state index in [1.807, 2.05) is 36.4 Å². The molecule has 2 N–H and O–H groups in total. The third kappa shape index (κ3) is 2.57. The first-order valence-corrected chi connectivity index (χ1v) is 7.94. The molecule has 102 valence electrons. The Morgan fingerprint density at radius 3 is 2.30 bits per heavy atom. The van der Waals surface area contributed by atoms with Crippen molar-refractivity contribution < 1.29 is 0 Å². The highest BCUT2D eigenvalue weighted by atomic mass is 79.9. The summed E-state index contributed by atoms with van der Waals surface area (Å²) in [6, 6.07) is 11.5. The molecule has 0 amide bonds. The van der Waals surface area contributed by atoms with Gasteiger partial charge in [0.05, 0.1) is 15.9 Å². The first-order chi connectivity index (χ1) is 9.54. The molecule has 20 heavy (non-hydrogen) atoms. The average Bonchev–Trinajstić information content (AvgIpc) is 2.77. The molecule has 0 aliphatic heterocycles. The fourth-order valence-electron chi connectivity index (χ4n) is 2.08. The Bertz CT molecular complexity index is 823. The molecule has 2 aromatic carbocycles. The molecule has 3 aromatic rings. The van der Waals surface area contributed by atoms with Crippen molar-refractivity contribution in [3.05, 3.63) is 67.5 Å². The van der Waals surface area contributed by atoms with Crippen molar-refractivity contribution in [1.29, 1.82) is 0 Å². The molecule has 0 spiro atoms. The number of H-pyrrole nitrogens is 2. The average molecular weight is 417 g/mol. The second kappa shape index (κ2) is 5.39. The van der Waals surface area contributed by atoms with E-state index in [2.05, 4.69) is 41.8 Å². The molecular formula is C14H9Br2ClN2O. The fourth-order valence-corrected chi connectivity index (χ4v) is 3.77. The summed E-state index contributed by atoms with van der Waals surface area (Å²) in [6.07, 6.45) is 0. The lowest BCUT2D eigenvalue weighted by molar-refractivity contribution is 1.17. The molecule has 0 saturated carbocycles. The predicted octanol–water partition coefficient (Wildman–Crippen LogP) is 4.76. The van der Waals surface area contributed by atoms with Crippen LogP contribution in [0.3, 0.4) is 0 Å². The molecule has 3 nitrogen and oxygen atoms in total. The van der Waals surface area contributed by atoms with Gasteiger partial charge < -0.3 is 9.97 Å². The molecule has 3 rings (SSSR count). The summed E-state index contributed by atoms with van der Waals surface area (Å²) in [5.74, 6) is 0. The van der Waals surface area contributed by atoms with Crippen molar-refractivity contribution in [3.63, 3.8) is 0 Å². The van der Waals surface area contributed by atoms with Gasteiger partial charge in [0.1, 0.15) is 0 Å². The Morgan fingerprint density at radius 1 is 1.05 bits per heavy atom. The lowest BCUT2D eigenvalue weighted by atomic mass is 10.0. The van der Waals surface area contributed by atoms with Crippen LogP contribution in [0.4, 0.5) is 0 Å². The molecular weight excluding hydrogens is 407 g/mol. The van der Waals surface area contributed by atoms with Gasteiger partial charge in [-0.3, -0.25) is 0 Å². The van der Waals surface area contributed by atoms with Gasteiger partial charge in [-0.1, -0.05) is 55.6 Å². The summed E-state index contributed by atoms with van der Waals surface area (Å²) < 4.78 is 0.928. The highest BCUT2D eigenvalue weighted by molar-refractivity contribution is 9.11. The van der Waals surface area contributed by atoms with Crippen molar-refractivity contribution in [1.82, 2.24) is 9.97 Å². The maximum atomic E-state index is 11.3. The van der Waals surface area contributed by atoms with E-state index in [9.17, 15) is 4.79 Å². The number of alkyl halides is 1. The highest BCUT2D eigenvalue weighted by Crippen LogP contribution is 2.37. The second-order valence-electron chi connectivity index (χ2n) is 4.41. The van der Waals surface area contributed by atoms with Crippen LogP contribution in [-0.4, -0.2) is 9.97 Å². The molecule has 0 saturated heterocycles. The van der Waals surface area contributed by atoms with E-state index in [-0.39, 0.29) is 10.5 Å². The number of nitrogens with one attached hydrogen (secondary N) is 2. The molecule has 0 aliphatic rings. The summed E-state index contributed by atoms with van der Waals surface area (Å²) in [5, 5.41) is 0.706. The van der Waals surface area contributed by atoms with Crippen LogP contribution in [0, 0.1) is 0 Å². The standard InChI is InChI=1S/C14H9Br2ClN2O/c15-10-6-12-11(18-14(20)19-12)5-9(10)13(16)7-1-3-8(17)4-2-7/h1-6,13H,(H2,18,19,20). The van der Waals surface area contributed by atoms with Crippen molar-refractivity contribution in [3.8, 4) is 0 Å². The van der Waals surface area contributed by atoms with Crippen molar-refractivity contribution in [2.24, 2.45) is 0 Å². The third-order valence-electron chi connectivity index (χ3n) is 3.07. The zero-order chi connectivity index (χ0) is 14.3. The molecule has 1 atom stereocenters. The third-order valence-corrected chi connectivity index (χ3v) is 5.03. The molecule has 1 aromatic heterocycles. The highest BCUT2D eigenvalue weighted by Gasteiger charge is 2.15. The number of imidazole rings is 1. The van der Waals surface area contributed by atoms with E-state index in [1.165, 1.54) is 0 Å². The van der Waals surface area contributed by atoms with E-state index < -0.39 is 0 Å². The Kier molecular flexibility index (Phi) is 3.75. The van der Waals surface area contributed by atoms with Crippen molar-refractivity contribution in [2.45, 2.75) is 4.83 Å². The molecule has 0 fully saturated rings. The molecule has 1 heterocycles. The number of rotatable bonds is 2. The topological polar surface area (TPSA) is 48.6 Å². The lowest BCUT2D eigenvalue weighted by Crippen LogP contribution is -1.99. The number of hydrogen-bond acceptors (Lipinski definition) is 1. The summed E-state index contributed by atoms with van der Waals surface area (Å²) in [5.41, 5.74) is 3.48. The summed E-state index contributed by atoms with van der Waals surface area (Å²) >= 11 is 13.1. The van der Waals surface area contributed by atoms with Gasteiger partial charge in [-0.15, -0.1) is 0 Å². The van der Waals surface area contributed by atoms with Crippen LogP contribution in [0.15, 0.2) is 45.7 Å². The minimum absolute atomic E-state index is 0.0111. The van der Waals surface area contributed by atoms with E-state index in [0.29, 0.717) is 5.02 Å². The van der Waals surface area contributed by atoms with Crippen LogP contribution >= 0.6 is 43.5 Å². The van der Waals surface area contributed by atoms with Gasteiger partial charge in [-0.05, 0) is 35.4 Å². The van der Waals surface area contributed by atoms with E-state index >= 15 is 0 Å². The molecule has 0 bridgehead atoms. The van der Waals surface area contributed by atoms with Gasteiger partial charge in [0, 0.05) is 9.50 Å². The maximum Gasteiger partial charge on any atom is 0.323 e. The SMILES string of the molecule is O=c1[nH]c2cc(Br)c(C(Br)c3ccc(Cl)cc3)cc2[nH]1. The van der Waals surface area contributed by atoms with Crippen LogP contribution in [0.5, 0.6) is 0 Å². The summed E-state index contributed by atoms with van der Waals surface area (Å²) in [4.78, 5) is 16.9. The number of benzene rings is 2. The van der Waals surface area contributed by atoms with Gasteiger partial charge in [-0.2, -0.15) is 0 Å². The minimum Gasteiger partial charge on any atom is -0.306 e. The maximum absolute atomic E-state index is 11.3. The first-order valence-electron chi connectivity index (χ1n) is 5.85. The first kappa shape index (κ1) is 13.9. The van der Waals surface area contributed by atoms with Crippen molar-refractivity contribution in [2.75, 3.05) is 0 Å². The van der Waals surface area contributed by atoms with Crippen LogP contribution in [0.1, 0.15) is 16.0 Å². The minimum atomic E-state index is -0.207. The molecule has 0 radical (unpaired) electrons. The zero-order valence-electron chi connectivity index (χ0n) is 10.1. The van der Waals surface area contributed by atoms with Crippen LogP contribution in [-0.2, 0) is 0 Å². The number of hydrogen-bond donors (Lipinski definition) is 2. The molecule has 1 unspecified atom stereocenters. The number of fused-ring (bicyclic) bond motifs is 1. The van der Waals surface area contributed by atoms with Gasteiger partial charge in [-0.25, -0.2) is 4.79 Å². The normalized spacial score (nSPS) is 12.8. The fraction of sp³-hybridized carbons (Fsp3) is 0.0714. The molecule has 6 heteroatoms. The van der Waals surface area contributed by atoms with Crippen LogP contribution in [0.25, 0.3) is 11.0 Å². The Morgan fingerprint density at radius 2 is 1.65 bits per heavy atom. The smallest absolute Gasteiger partial charge is 0.306 e. The van der Waals surface area contributed by atoms with E-state index in [0.717, 1.165) is 26.6 Å². The summed E-state index contributed by atoms with van der Waals surface area (Å²) in [7, 11) is 0. The van der Waals surface area contributed by atoms with Crippen molar-refractivity contribution >= 4 is 54.5 Å². The number of halogens is 3. The second-order valence-corrected chi connectivity index (χ2v) is 6.62. The Balaban J connectivity index is 2.10. The summed E-state index contributed by atoms with van der Waals surface area (Å²) in [6.45, 7) is 0. The lowest BCUT2D eigenvalue weighted by Gasteiger charge is -2.13. The quantitative estimate of drug-likeness (QED) is 0.582. The zero-order valence-corrected chi connectivity index (χ0v) is 14.0. The predicted molar refractivity (Wildman–Crippen MR) is 88.8 cm³/mol.